The lowest BCUT2D eigenvalue weighted by atomic mass is 10.1. The minimum Gasteiger partial charge on any atom is -0.363 e. The van der Waals surface area contributed by atoms with E-state index in [0.717, 1.165) is 37.5 Å². The Hall–Kier alpha value is -1.06. The molecule has 1 aliphatic heterocycles. The highest BCUT2D eigenvalue weighted by atomic mass is 127. The second kappa shape index (κ2) is 10.3. The highest BCUT2D eigenvalue weighted by Crippen LogP contribution is 2.24. The Morgan fingerprint density at radius 1 is 1.35 bits per heavy atom. The molecular weight excluding hydrogens is 486 g/mol. The molecule has 142 valence electrons. The zero-order chi connectivity index (χ0) is 17.6. The van der Waals surface area contributed by atoms with Crippen LogP contribution in [0, 0.1) is 5.82 Å². The van der Waals surface area contributed by atoms with Crippen molar-refractivity contribution >= 4 is 57.9 Å². The van der Waals surface area contributed by atoms with Gasteiger partial charge in [0.25, 0.3) is 0 Å². The van der Waals surface area contributed by atoms with Gasteiger partial charge in [0.1, 0.15) is 5.82 Å². The summed E-state index contributed by atoms with van der Waals surface area (Å²) in [5, 5.41) is 10.3. The van der Waals surface area contributed by atoms with Crippen LogP contribution < -0.4 is 15.5 Å². The lowest BCUT2D eigenvalue weighted by Crippen LogP contribution is -2.48. The van der Waals surface area contributed by atoms with Crippen LogP contribution in [0.15, 0.2) is 40.7 Å². The fourth-order valence-corrected chi connectivity index (χ4v) is 3.91. The van der Waals surface area contributed by atoms with Gasteiger partial charge in [-0.25, -0.2) is 4.39 Å². The number of halogens is 3. The standard InChI is InChI=1S/C18H22ClFN4S.HI/c1-21-18(22-12-13-4-5-16(20)15(19)11-13)23-14-6-8-24(9-7-14)17-3-2-10-25-17;/h2-5,10-11,14H,6-9,12H2,1H3,(H2,21,22,23);1H. The van der Waals surface area contributed by atoms with Crippen LogP contribution in [0.4, 0.5) is 9.39 Å². The maximum absolute atomic E-state index is 13.2. The van der Waals surface area contributed by atoms with Crippen LogP contribution >= 0.6 is 46.9 Å². The number of rotatable bonds is 4. The molecule has 26 heavy (non-hydrogen) atoms. The molecule has 0 unspecified atom stereocenters. The molecule has 4 nitrogen and oxygen atoms in total. The number of hydrogen-bond donors (Lipinski definition) is 2. The number of hydrogen-bond acceptors (Lipinski definition) is 3. The number of benzene rings is 1. The lowest BCUT2D eigenvalue weighted by Gasteiger charge is -2.33. The Morgan fingerprint density at radius 2 is 2.12 bits per heavy atom. The molecule has 0 amide bonds. The van der Waals surface area contributed by atoms with Crippen LogP contribution in [0.2, 0.25) is 5.02 Å². The predicted molar refractivity (Wildman–Crippen MR) is 120 cm³/mol. The van der Waals surface area contributed by atoms with Crippen molar-refractivity contribution in [2.24, 2.45) is 4.99 Å². The zero-order valence-electron chi connectivity index (χ0n) is 14.5. The summed E-state index contributed by atoms with van der Waals surface area (Å²) in [6, 6.07) is 9.41. The van der Waals surface area contributed by atoms with E-state index in [-0.39, 0.29) is 29.0 Å². The summed E-state index contributed by atoms with van der Waals surface area (Å²) in [5.41, 5.74) is 0.918. The van der Waals surface area contributed by atoms with E-state index in [1.54, 1.807) is 30.5 Å². The van der Waals surface area contributed by atoms with Gasteiger partial charge in [0, 0.05) is 32.7 Å². The van der Waals surface area contributed by atoms with Gasteiger partial charge in [-0.1, -0.05) is 17.7 Å². The summed E-state index contributed by atoms with van der Waals surface area (Å²) in [6.07, 6.45) is 2.14. The van der Waals surface area contributed by atoms with Crippen LogP contribution in [0.25, 0.3) is 0 Å². The van der Waals surface area contributed by atoms with Gasteiger partial charge in [-0.3, -0.25) is 4.99 Å². The highest BCUT2D eigenvalue weighted by Gasteiger charge is 2.20. The first kappa shape index (κ1) is 21.2. The molecule has 0 radical (unpaired) electrons. The summed E-state index contributed by atoms with van der Waals surface area (Å²) in [5.74, 6) is 0.362. The largest absolute Gasteiger partial charge is 0.363 e. The Morgan fingerprint density at radius 3 is 2.73 bits per heavy atom. The molecule has 1 aliphatic rings. The van der Waals surface area contributed by atoms with Crippen molar-refractivity contribution in [2.75, 3.05) is 25.0 Å². The van der Waals surface area contributed by atoms with E-state index in [1.165, 1.54) is 11.1 Å². The molecule has 8 heteroatoms. The van der Waals surface area contributed by atoms with Crippen molar-refractivity contribution in [2.45, 2.75) is 25.4 Å². The van der Waals surface area contributed by atoms with Gasteiger partial charge in [-0.15, -0.1) is 35.3 Å². The van der Waals surface area contributed by atoms with Gasteiger partial charge >= 0.3 is 0 Å². The molecule has 1 aromatic heterocycles. The summed E-state index contributed by atoms with van der Waals surface area (Å²) in [7, 11) is 1.76. The molecule has 0 atom stereocenters. The van der Waals surface area contributed by atoms with Gasteiger partial charge < -0.3 is 15.5 Å². The first-order valence-corrected chi connectivity index (χ1v) is 9.61. The van der Waals surface area contributed by atoms with Crippen molar-refractivity contribution in [1.29, 1.82) is 0 Å². The number of piperidine rings is 1. The first-order valence-electron chi connectivity index (χ1n) is 8.35. The second-order valence-electron chi connectivity index (χ2n) is 6.03. The molecule has 1 aromatic carbocycles. The fraction of sp³-hybridized carbons (Fsp3) is 0.389. The maximum Gasteiger partial charge on any atom is 0.191 e. The third-order valence-corrected chi connectivity index (χ3v) is 5.54. The molecule has 0 aliphatic carbocycles. The Balaban J connectivity index is 0.00000243. The van der Waals surface area contributed by atoms with Gasteiger partial charge in [0.2, 0.25) is 0 Å². The highest BCUT2D eigenvalue weighted by molar-refractivity contribution is 14.0. The minimum absolute atomic E-state index is 0. The predicted octanol–water partition coefficient (Wildman–Crippen LogP) is 4.49. The Kier molecular flexibility index (Phi) is 8.43. The van der Waals surface area contributed by atoms with E-state index in [2.05, 4.69) is 38.0 Å². The average molecular weight is 509 g/mol. The third-order valence-electron chi connectivity index (χ3n) is 4.32. The van der Waals surface area contributed by atoms with Crippen molar-refractivity contribution < 1.29 is 4.39 Å². The summed E-state index contributed by atoms with van der Waals surface area (Å²) < 4.78 is 13.2. The van der Waals surface area contributed by atoms with E-state index >= 15 is 0 Å². The van der Waals surface area contributed by atoms with Crippen LogP contribution in [0.5, 0.6) is 0 Å². The van der Waals surface area contributed by atoms with Crippen molar-refractivity contribution in [3.05, 3.63) is 52.1 Å². The van der Waals surface area contributed by atoms with Crippen LogP contribution in [0.1, 0.15) is 18.4 Å². The van der Waals surface area contributed by atoms with Crippen molar-refractivity contribution in [3.63, 3.8) is 0 Å². The number of anilines is 1. The molecule has 2 aromatic rings. The van der Waals surface area contributed by atoms with E-state index in [1.807, 2.05) is 0 Å². The first-order chi connectivity index (χ1) is 12.2. The average Bonchev–Trinajstić information content (AvgIpc) is 3.16. The normalized spacial score (nSPS) is 15.5. The SMILES string of the molecule is CN=C(NCc1ccc(F)c(Cl)c1)NC1CCN(c2cccs2)CC1.I. The Labute approximate surface area is 179 Å². The molecule has 0 bridgehead atoms. The number of aliphatic imine (C=N–C) groups is 1. The molecule has 2 heterocycles. The summed E-state index contributed by atoms with van der Waals surface area (Å²) >= 11 is 7.61. The van der Waals surface area contributed by atoms with Gasteiger partial charge in [0.15, 0.2) is 5.96 Å². The number of guanidine groups is 1. The third kappa shape index (κ3) is 5.72. The lowest BCUT2D eigenvalue weighted by molar-refractivity contribution is 0.463. The summed E-state index contributed by atoms with van der Waals surface area (Å²) in [6.45, 7) is 2.64. The minimum atomic E-state index is -0.398. The second-order valence-corrected chi connectivity index (χ2v) is 7.36. The van der Waals surface area contributed by atoms with Crippen molar-refractivity contribution in [3.8, 4) is 0 Å². The molecular formula is C18H23ClFIN4S. The molecule has 1 saturated heterocycles. The van der Waals surface area contributed by atoms with Gasteiger partial charge in [-0.2, -0.15) is 0 Å². The summed E-state index contributed by atoms with van der Waals surface area (Å²) in [4.78, 5) is 6.71. The quantitative estimate of drug-likeness (QED) is 0.363. The molecule has 0 saturated carbocycles. The van der Waals surface area contributed by atoms with E-state index in [0.29, 0.717) is 12.6 Å². The van der Waals surface area contributed by atoms with Crippen LogP contribution in [-0.4, -0.2) is 32.1 Å². The molecule has 3 rings (SSSR count). The van der Waals surface area contributed by atoms with Crippen molar-refractivity contribution in [1.82, 2.24) is 10.6 Å². The van der Waals surface area contributed by atoms with Crippen LogP contribution in [-0.2, 0) is 6.54 Å². The van der Waals surface area contributed by atoms with Crippen LogP contribution in [0.3, 0.4) is 0 Å². The maximum atomic E-state index is 13.2. The molecule has 1 fully saturated rings. The Bertz CT molecular complexity index is 718. The number of thiophene rings is 1. The van der Waals surface area contributed by atoms with E-state index in [4.69, 9.17) is 11.6 Å². The van der Waals surface area contributed by atoms with Gasteiger partial charge in [-0.05, 0) is 48.1 Å². The zero-order valence-corrected chi connectivity index (χ0v) is 18.4. The van der Waals surface area contributed by atoms with E-state index < -0.39 is 5.82 Å². The topological polar surface area (TPSA) is 39.7 Å². The monoisotopic (exact) mass is 508 g/mol. The van der Waals surface area contributed by atoms with E-state index in [9.17, 15) is 4.39 Å². The number of nitrogens with zero attached hydrogens (tertiary/aromatic N) is 2. The fourth-order valence-electron chi connectivity index (χ4n) is 2.92. The molecule has 2 N–H and O–H groups in total. The van der Waals surface area contributed by atoms with Gasteiger partial charge in [0.05, 0.1) is 10.0 Å². The smallest absolute Gasteiger partial charge is 0.191 e. The molecule has 0 spiro atoms. The number of nitrogens with one attached hydrogen (secondary N) is 2.